The van der Waals surface area contributed by atoms with Crippen LogP contribution in [0.3, 0.4) is 0 Å². The Morgan fingerprint density at radius 1 is 1.12 bits per heavy atom. The van der Waals surface area contributed by atoms with Crippen LogP contribution in [-0.4, -0.2) is 23.0 Å². The van der Waals surface area contributed by atoms with Gasteiger partial charge >= 0.3 is 5.97 Å². The Bertz CT molecular complexity index is 740. The van der Waals surface area contributed by atoms with Crippen LogP contribution in [0, 0.1) is 5.92 Å². The molecule has 0 saturated heterocycles. The minimum atomic E-state index is -0.989. The first-order valence-electron chi connectivity index (χ1n) is 8.42. The van der Waals surface area contributed by atoms with Crippen LogP contribution >= 0.6 is 0 Å². The van der Waals surface area contributed by atoms with Crippen LogP contribution in [0.4, 0.5) is 0 Å². The summed E-state index contributed by atoms with van der Waals surface area (Å²) in [6, 6.07) is 15.7. The summed E-state index contributed by atoms with van der Waals surface area (Å²) >= 11 is 0. The van der Waals surface area contributed by atoms with Gasteiger partial charge in [-0.2, -0.15) is 0 Å². The summed E-state index contributed by atoms with van der Waals surface area (Å²) < 4.78 is 5.71. The lowest BCUT2D eigenvalue weighted by atomic mass is 10.1. The third-order valence-electron chi connectivity index (χ3n) is 4.21. The van der Waals surface area contributed by atoms with E-state index in [-0.39, 0.29) is 0 Å². The number of hydrogen-bond donors (Lipinski definition) is 2. The van der Waals surface area contributed by atoms with Crippen molar-refractivity contribution < 1.29 is 19.4 Å². The molecule has 0 spiro atoms. The highest BCUT2D eigenvalue weighted by Crippen LogP contribution is 2.33. The number of carboxylic acids is 1. The van der Waals surface area contributed by atoms with Crippen LogP contribution in [-0.2, 0) is 11.4 Å². The number of amides is 1. The van der Waals surface area contributed by atoms with Crippen LogP contribution < -0.4 is 10.1 Å². The van der Waals surface area contributed by atoms with Crippen molar-refractivity contribution in [1.29, 1.82) is 0 Å². The molecule has 5 nitrogen and oxygen atoms in total. The predicted molar refractivity (Wildman–Crippen MR) is 93.4 cm³/mol. The second kappa shape index (κ2) is 7.83. The van der Waals surface area contributed by atoms with Gasteiger partial charge in [-0.05, 0) is 36.1 Å². The van der Waals surface area contributed by atoms with Crippen molar-refractivity contribution in [1.82, 2.24) is 5.32 Å². The van der Waals surface area contributed by atoms with Crippen LogP contribution in [0.25, 0.3) is 0 Å². The molecule has 5 heteroatoms. The van der Waals surface area contributed by atoms with Crippen molar-refractivity contribution in [3.63, 3.8) is 0 Å². The second-order valence-electron chi connectivity index (χ2n) is 6.35. The third kappa shape index (κ3) is 5.08. The maximum absolute atomic E-state index is 12.4. The molecule has 1 saturated carbocycles. The Labute approximate surface area is 146 Å². The zero-order chi connectivity index (χ0) is 17.6. The van der Waals surface area contributed by atoms with Crippen molar-refractivity contribution in [2.75, 3.05) is 0 Å². The summed E-state index contributed by atoms with van der Waals surface area (Å²) in [5.41, 5.74) is 1.43. The van der Waals surface area contributed by atoms with Crippen LogP contribution in [0.2, 0.25) is 0 Å². The van der Waals surface area contributed by atoms with E-state index in [0.717, 1.165) is 18.4 Å². The smallest absolute Gasteiger partial charge is 0.326 e. The quantitative estimate of drug-likeness (QED) is 0.774. The molecule has 2 N–H and O–H groups in total. The summed E-state index contributed by atoms with van der Waals surface area (Å²) in [7, 11) is 0. The number of nitrogens with one attached hydrogen (secondary N) is 1. The molecule has 130 valence electrons. The fourth-order valence-electron chi connectivity index (χ4n) is 2.62. The summed E-state index contributed by atoms with van der Waals surface area (Å²) in [4.78, 5) is 23.7. The van der Waals surface area contributed by atoms with E-state index in [1.165, 1.54) is 0 Å². The van der Waals surface area contributed by atoms with Crippen LogP contribution in [0.1, 0.15) is 35.2 Å². The largest absolute Gasteiger partial charge is 0.489 e. The van der Waals surface area contributed by atoms with E-state index in [1.54, 1.807) is 24.3 Å². The summed E-state index contributed by atoms with van der Waals surface area (Å²) in [5, 5.41) is 11.9. The Balaban J connectivity index is 1.61. The first-order chi connectivity index (χ1) is 12.1. The predicted octanol–water partition coefficient (Wildman–Crippen LogP) is 3.25. The zero-order valence-electron chi connectivity index (χ0n) is 13.9. The highest BCUT2D eigenvalue weighted by molar-refractivity contribution is 5.96. The van der Waals surface area contributed by atoms with Crippen molar-refractivity contribution in [2.45, 2.75) is 31.9 Å². The summed E-state index contributed by atoms with van der Waals surface area (Å²) in [5.74, 6) is -0.387. The minimum absolute atomic E-state index is 0.391. The molecule has 25 heavy (non-hydrogen) atoms. The molecule has 1 atom stereocenters. The van der Waals surface area contributed by atoms with Gasteiger partial charge in [-0.3, -0.25) is 4.79 Å². The zero-order valence-corrected chi connectivity index (χ0v) is 13.9. The van der Waals surface area contributed by atoms with E-state index in [9.17, 15) is 14.7 Å². The number of carbonyl (C=O) groups excluding carboxylic acids is 1. The van der Waals surface area contributed by atoms with Gasteiger partial charge in [0, 0.05) is 5.56 Å². The Hall–Kier alpha value is -2.82. The lowest BCUT2D eigenvalue weighted by Crippen LogP contribution is -2.41. The van der Waals surface area contributed by atoms with Crippen LogP contribution in [0.15, 0.2) is 54.6 Å². The molecule has 0 heterocycles. The lowest BCUT2D eigenvalue weighted by Gasteiger charge is -2.14. The fourth-order valence-corrected chi connectivity index (χ4v) is 2.62. The van der Waals surface area contributed by atoms with Crippen molar-refractivity contribution in [3.05, 3.63) is 65.7 Å². The van der Waals surface area contributed by atoms with E-state index in [4.69, 9.17) is 4.74 Å². The molecule has 0 radical (unpaired) electrons. The van der Waals surface area contributed by atoms with Crippen molar-refractivity contribution in [3.8, 4) is 5.75 Å². The molecule has 0 unspecified atom stereocenters. The van der Waals surface area contributed by atoms with E-state index in [2.05, 4.69) is 5.32 Å². The maximum atomic E-state index is 12.4. The second-order valence-corrected chi connectivity index (χ2v) is 6.35. The van der Waals surface area contributed by atoms with Crippen molar-refractivity contribution >= 4 is 11.9 Å². The summed E-state index contributed by atoms with van der Waals surface area (Å²) in [6.45, 7) is 0.408. The Morgan fingerprint density at radius 3 is 2.56 bits per heavy atom. The van der Waals surface area contributed by atoms with Gasteiger partial charge in [0.2, 0.25) is 0 Å². The molecular formula is C20H21NO4. The molecule has 2 aromatic rings. The summed E-state index contributed by atoms with van der Waals surface area (Å²) in [6.07, 6.45) is 2.58. The van der Waals surface area contributed by atoms with Gasteiger partial charge in [-0.1, -0.05) is 49.2 Å². The van der Waals surface area contributed by atoms with E-state index in [0.29, 0.717) is 30.3 Å². The molecule has 0 aromatic heterocycles. The number of hydrogen-bond acceptors (Lipinski definition) is 3. The van der Waals surface area contributed by atoms with Gasteiger partial charge in [0.25, 0.3) is 5.91 Å². The average Bonchev–Trinajstić information content (AvgIpc) is 3.44. The van der Waals surface area contributed by atoms with Gasteiger partial charge < -0.3 is 15.2 Å². The third-order valence-corrected chi connectivity index (χ3v) is 4.21. The Kier molecular flexibility index (Phi) is 5.33. The maximum Gasteiger partial charge on any atom is 0.326 e. The fraction of sp³-hybridized carbons (Fsp3) is 0.300. The van der Waals surface area contributed by atoms with Gasteiger partial charge in [0.05, 0.1) is 0 Å². The number of aliphatic carboxylic acids is 1. The monoisotopic (exact) mass is 339 g/mol. The Morgan fingerprint density at radius 2 is 1.88 bits per heavy atom. The van der Waals surface area contributed by atoms with Gasteiger partial charge in [-0.15, -0.1) is 0 Å². The normalized spacial score (nSPS) is 14.6. The molecular weight excluding hydrogens is 318 g/mol. The average molecular weight is 339 g/mol. The number of ether oxygens (including phenoxy) is 1. The first-order valence-corrected chi connectivity index (χ1v) is 8.42. The van der Waals surface area contributed by atoms with Crippen LogP contribution in [0.5, 0.6) is 5.75 Å². The van der Waals surface area contributed by atoms with Crippen molar-refractivity contribution in [2.24, 2.45) is 5.92 Å². The van der Waals surface area contributed by atoms with E-state index in [1.807, 2.05) is 30.3 Å². The molecule has 1 amide bonds. The first kappa shape index (κ1) is 17.0. The SMILES string of the molecule is O=C(N[C@@H](CC1CC1)C(=O)O)c1cccc(OCc2ccccc2)c1. The van der Waals surface area contributed by atoms with E-state index >= 15 is 0 Å². The number of benzene rings is 2. The highest BCUT2D eigenvalue weighted by Gasteiger charge is 2.30. The number of carbonyl (C=O) groups is 2. The van der Waals surface area contributed by atoms with Gasteiger partial charge in [-0.25, -0.2) is 4.79 Å². The number of carboxylic acid groups (broad SMARTS) is 1. The minimum Gasteiger partial charge on any atom is -0.489 e. The van der Waals surface area contributed by atoms with E-state index < -0.39 is 17.9 Å². The van der Waals surface area contributed by atoms with Gasteiger partial charge in [0.1, 0.15) is 18.4 Å². The highest BCUT2D eigenvalue weighted by atomic mass is 16.5. The molecule has 0 bridgehead atoms. The molecule has 2 aromatic carbocycles. The molecule has 0 aliphatic heterocycles. The number of rotatable bonds is 8. The molecule has 1 aliphatic rings. The molecule has 3 rings (SSSR count). The molecule has 1 aliphatic carbocycles. The standard InChI is InChI=1S/C20H21NO4/c22-19(21-18(20(23)24)11-14-9-10-14)16-7-4-8-17(12-16)25-13-15-5-2-1-3-6-15/h1-8,12,14,18H,9-11,13H2,(H,21,22)(H,23,24)/t18-/m0/s1. The molecule has 1 fully saturated rings. The lowest BCUT2D eigenvalue weighted by molar-refractivity contribution is -0.139. The topological polar surface area (TPSA) is 75.6 Å². The van der Waals surface area contributed by atoms with Gasteiger partial charge in [0.15, 0.2) is 0 Å².